The number of rotatable bonds is 7. The molecule has 7 heteroatoms. The van der Waals surface area contributed by atoms with E-state index in [1.165, 1.54) is 0 Å². The summed E-state index contributed by atoms with van der Waals surface area (Å²) in [5, 5.41) is 11.0. The van der Waals surface area contributed by atoms with Crippen LogP contribution in [0.2, 0.25) is 0 Å². The minimum absolute atomic E-state index is 0.00000361. The number of aryl methyl sites for hydroxylation is 1. The number of likely N-dealkylation sites (N-methyl/N-ethyl adjacent to an activating group) is 1. The Morgan fingerprint density at radius 1 is 1.30 bits per heavy atom. The molecule has 1 aromatic carbocycles. The normalized spacial score (nSPS) is 12.6. The Balaban J connectivity index is 2.18. The molecule has 1 atom stereocenters. The highest BCUT2D eigenvalue weighted by Gasteiger charge is 2.12. The summed E-state index contributed by atoms with van der Waals surface area (Å²) >= 11 is 0. The number of hydrogen-bond donors (Lipinski definition) is 2. The van der Waals surface area contributed by atoms with E-state index in [0.29, 0.717) is 12.5 Å². The van der Waals surface area contributed by atoms with Gasteiger partial charge in [0.1, 0.15) is 0 Å². The fourth-order valence-electron chi connectivity index (χ4n) is 2.46. The maximum Gasteiger partial charge on any atom is 0.241 e. The van der Waals surface area contributed by atoms with Gasteiger partial charge >= 0.3 is 0 Å². The van der Waals surface area contributed by atoms with Crippen molar-refractivity contribution in [2.75, 3.05) is 20.6 Å². The fraction of sp³-hybridized carbons (Fsp3) is 0.450. The van der Waals surface area contributed by atoms with Crippen LogP contribution in [0.25, 0.3) is 11.3 Å². The molecule has 0 spiro atoms. The second-order valence-electron chi connectivity index (χ2n) is 6.80. The second-order valence-corrected chi connectivity index (χ2v) is 6.80. The van der Waals surface area contributed by atoms with Crippen LogP contribution in [0.3, 0.4) is 0 Å². The van der Waals surface area contributed by atoms with Crippen LogP contribution in [0.4, 0.5) is 0 Å². The van der Waals surface area contributed by atoms with Gasteiger partial charge in [0.05, 0.1) is 18.8 Å². The van der Waals surface area contributed by atoms with E-state index >= 15 is 0 Å². The van der Waals surface area contributed by atoms with E-state index in [4.69, 9.17) is 0 Å². The molecule has 7 nitrogen and oxygen atoms in total. The zero-order valence-corrected chi connectivity index (χ0v) is 16.9. The average Bonchev–Trinajstić information content (AvgIpc) is 3.04. The van der Waals surface area contributed by atoms with Crippen LogP contribution in [0, 0.1) is 0 Å². The van der Waals surface area contributed by atoms with E-state index in [2.05, 4.69) is 34.6 Å². The molecule has 0 aliphatic heterocycles. The molecule has 27 heavy (non-hydrogen) atoms. The van der Waals surface area contributed by atoms with Crippen LogP contribution >= 0.6 is 0 Å². The molecule has 0 aliphatic rings. The van der Waals surface area contributed by atoms with Gasteiger partial charge in [-0.1, -0.05) is 37.3 Å². The summed E-state index contributed by atoms with van der Waals surface area (Å²) in [4.78, 5) is 18.1. The second kappa shape index (κ2) is 9.75. The topological polar surface area (TPSA) is 74.5 Å². The number of nitrogens with zero attached hydrogens (tertiary/aromatic N) is 4. The molecule has 146 valence electrons. The predicted molar refractivity (Wildman–Crippen MR) is 109 cm³/mol. The monoisotopic (exact) mass is 370 g/mol. The third-order valence-corrected chi connectivity index (χ3v) is 4.26. The molecule has 1 amide bonds. The smallest absolute Gasteiger partial charge is 0.241 e. The van der Waals surface area contributed by atoms with Crippen LogP contribution in [0.15, 0.2) is 41.5 Å². The van der Waals surface area contributed by atoms with Crippen molar-refractivity contribution in [1.82, 2.24) is 25.3 Å². The van der Waals surface area contributed by atoms with E-state index in [1.807, 2.05) is 43.6 Å². The van der Waals surface area contributed by atoms with E-state index in [9.17, 15) is 4.79 Å². The molecule has 2 N–H and O–H groups in total. The van der Waals surface area contributed by atoms with Gasteiger partial charge in [-0.15, -0.1) is 0 Å². The number of benzene rings is 1. The molecule has 0 fully saturated rings. The van der Waals surface area contributed by atoms with E-state index in [-0.39, 0.29) is 18.5 Å². The first-order valence-corrected chi connectivity index (χ1v) is 9.23. The summed E-state index contributed by atoms with van der Waals surface area (Å²) in [6, 6.07) is 10.3. The Morgan fingerprint density at radius 3 is 2.63 bits per heavy atom. The van der Waals surface area contributed by atoms with Crippen LogP contribution < -0.4 is 10.6 Å². The van der Waals surface area contributed by atoms with Gasteiger partial charge in [-0.05, 0) is 13.3 Å². The van der Waals surface area contributed by atoms with Gasteiger partial charge < -0.3 is 15.5 Å². The first-order chi connectivity index (χ1) is 12.9. The van der Waals surface area contributed by atoms with E-state index < -0.39 is 0 Å². The lowest BCUT2D eigenvalue weighted by Crippen LogP contribution is -2.45. The molecule has 0 saturated carbocycles. The van der Waals surface area contributed by atoms with Gasteiger partial charge in [0.15, 0.2) is 5.96 Å². The molecule has 1 unspecified atom stereocenters. The van der Waals surface area contributed by atoms with Gasteiger partial charge in [-0.25, -0.2) is 4.99 Å². The Kier molecular flexibility index (Phi) is 7.40. The summed E-state index contributed by atoms with van der Waals surface area (Å²) in [7, 11) is 5.39. The van der Waals surface area contributed by atoms with Crippen molar-refractivity contribution in [2.45, 2.75) is 32.9 Å². The molecular weight excluding hydrogens is 340 g/mol. The number of nitrogens with one attached hydrogen (secondary N) is 2. The Hall–Kier alpha value is -2.83. The van der Waals surface area contributed by atoms with Crippen LogP contribution in [0.1, 0.15) is 25.8 Å². The van der Waals surface area contributed by atoms with Crippen molar-refractivity contribution < 1.29 is 4.79 Å². The SMILES string of the molecule is CCC(C)NC(=NCc1cn(C)nc1-c1ccccc1)NCC(=O)N(C)C. The molecule has 0 bridgehead atoms. The summed E-state index contributed by atoms with van der Waals surface area (Å²) in [6.07, 6.45) is 2.95. The third kappa shape index (κ3) is 6.13. The Morgan fingerprint density at radius 2 is 2.00 bits per heavy atom. The Labute approximate surface area is 161 Å². The molecule has 2 aromatic rings. The van der Waals surface area contributed by atoms with Crippen molar-refractivity contribution in [3.63, 3.8) is 0 Å². The van der Waals surface area contributed by atoms with Crippen molar-refractivity contribution in [3.05, 3.63) is 42.1 Å². The molecule has 1 heterocycles. The van der Waals surface area contributed by atoms with Crippen LogP contribution in [-0.2, 0) is 18.4 Å². The number of aliphatic imine (C=N–C) groups is 1. The summed E-state index contributed by atoms with van der Waals surface area (Å²) in [5.41, 5.74) is 3.03. The fourth-order valence-corrected chi connectivity index (χ4v) is 2.46. The molecule has 0 radical (unpaired) electrons. The van der Waals surface area contributed by atoms with Crippen molar-refractivity contribution >= 4 is 11.9 Å². The maximum atomic E-state index is 11.9. The number of carbonyl (C=O) groups is 1. The van der Waals surface area contributed by atoms with Crippen LogP contribution in [-0.4, -0.2) is 53.2 Å². The quantitative estimate of drug-likeness (QED) is 0.578. The predicted octanol–water partition coefficient (Wildman–Crippen LogP) is 2.01. The van der Waals surface area contributed by atoms with E-state index in [1.54, 1.807) is 23.7 Å². The minimum Gasteiger partial charge on any atom is -0.354 e. The summed E-state index contributed by atoms with van der Waals surface area (Å²) in [6.45, 7) is 4.87. The average molecular weight is 371 g/mol. The number of hydrogen-bond acceptors (Lipinski definition) is 3. The highest BCUT2D eigenvalue weighted by Crippen LogP contribution is 2.22. The van der Waals surface area contributed by atoms with Gasteiger partial charge in [0.2, 0.25) is 5.91 Å². The van der Waals surface area contributed by atoms with Crippen LogP contribution in [0.5, 0.6) is 0 Å². The lowest BCUT2D eigenvalue weighted by Gasteiger charge is -2.18. The third-order valence-electron chi connectivity index (χ3n) is 4.26. The molecule has 0 saturated heterocycles. The molecule has 1 aromatic heterocycles. The van der Waals surface area contributed by atoms with Gasteiger partial charge in [0.25, 0.3) is 0 Å². The molecule has 2 rings (SSSR count). The van der Waals surface area contributed by atoms with Crippen molar-refractivity contribution in [2.24, 2.45) is 12.0 Å². The maximum absolute atomic E-state index is 11.9. The van der Waals surface area contributed by atoms with Gasteiger partial charge in [-0.3, -0.25) is 9.48 Å². The number of amides is 1. The molecule has 0 aliphatic carbocycles. The zero-order chi connectivity index (χ0) is 19.8. The van der Waals surface area contributed by atoms with Crippen molar-refractivity contribution in [1.29, 1.82) is 0 Å². The number of aromatic nitrogens is 2. The lowest BCUT2D eigenvalue weighted by atomic mass is 10.1. The number of carbonyl (C=O) groups excluding carboxylic acids is 1. The minimum atomic E-state index is 0.00000361. The Bertz CT molecular complexity index is 766. The largest absolute Gasteiger partial charge is 0.354 e. The van der Waals surface area contributed by atoms with Gasteiger partial charge in [-0.2, -0.15) is 5.10 Å². The van der Waals surface area contributed by atoms with Gasteiger partial charge in [0, 0.05) is 44.5 Å². The highest BCUT2D eigenvalue weighted by atomic mass is 16.2. The first kappa shape index (κ1) is 20.5. The lowest BCUT2D eigenvalue weighted by molar-refractivity contribution is -0.127. The first-order valence-electron chi connectivity index (χ1n) is 9.23. The van der Waals surface area contributed by atoms with Crippen molar-refractivity contribution in [3.8, 4) is 11.3 Å². The highest BCUT2D eigenvalue weighted by molar-refractivity contribution is 5.86. The molecular formula is C20H30N6O. The standard InChI is InChI=1S/C20H30N6O/c1-6-15(2)23-20(22-13-18(27)25(3)4)21-12-17-14-26(5)24-19(17)16-10-8-7-9-11-16/h7-11,14-15H,6,12-13H2,1-5H3,(H2,21,22,23). The summed E-state index contributed by atoms with van der Waals surface area (Å²) in [5.74, 6) is 0.627. The number of guanidine groups is 1. The zero-order valence-electron chi connectivity index (χ0n) is 16.9. The van der Waals surface area contributed by atoms with E-state index in [0.717, 1.165) is 23.2 Å². The summed E-state index contributed by atoms with van der Waals surface area (Å²) < 4.78 is 1.80.